The number of carboxylic acids is 1. The highest BCUT2D eigenvalue weighted by atomic mass is 16.4. The van der Waals surface area contributed by atoms with Crippen LogP contribution in [0.15, 0.2) is 103 Å². The molecule has 4 heteroatoms. The van der Waals surface area contributed by atoms with Gasteiger partial charge in [-0.3, -0.25) is 0 Å². The van der Waals surface area contributed by atoms with Gasteiger partial charge in [-0.1, -0.05) is 68.5 Å². The summed E-state index contributed by atoms with van der Waals surface area (Å²) in [6, 6.07) is 26.3. The van der Waals surface area contributed by atoms with E-state index in [9.17, 15) is 9.90 Å². The van der Waals surface area contributed by atoms with Crippen LogP contribution in [0.3, 0.4) is 0 Å². The Balaban J connectivity index is 1.53. The third-order valence-electron chi connectivity index (χ3n) is 6.94. The molecule has 0 spiro atoms. The third kappa shape index (κ3) is 4.12. The Labute approximate surface area is 206 Å². The van der Waals surface area contributed by atoms with Crippen molar-refractivity contribution in [3.63, 3.8) is 0 Å². The highest BCUT2D eigenvalue weighted by molar-refractivity contribution is 5.87. The van der Waals surface area contributed by atoms with Crippen LogP contribution in [0, 0.1) is 0 Å². The summed E-state index contributed by atoms with van der Waals surface area (Å²) in [7, 11) is 2.07. The molecule has 0 amide bonds. The monoisotopic (exact) mass is 461 g/mol. The van der Waals surface area contributed by atoms with Crippen molar-refractivity contribution < 1.29 is 14.5 Å². The van der Waals surface area contributed by atoms with Crippen LogP contribution in [0.1, 0.15) is 40.9 Å². The summed E-state index contributed by atoms with van der Waals surface area (Å²) in [5.41, 5.74) is 7.28. The van der Waals surface area contributed by atoms with Crippen LogP contribution >= 0.6 is 0 Å². The summed E-state index contributed by atoms with van der Waals surface area (Å²) >= 11 is 0. The number of aromatic carboxylic acids is 1. The van der Waals surface area contributed by atoms with Gasteiger partial charge in [-0.2, -0.15) is 0 Å². The largest absolute Gasteiger partial charge is 0.478 e. The normalized spacial score (nSPS) is 15.7. The number of benzene rings is 3. The van der Waals surface area contributed by atoms with Crippen molar-refractivity contribution in [3.05, 3.63) is 125 Å². The van der Waals surface area contributed by atoms with E-state index in [1.165, 1.54) is 33.4 Å². The van der Waals surface area contributed by atoms with Gasteiger partial charge in [-0.05, 0) is 47.0 Å². The van der Waals surface area contributed by atoms with Gasteiger partial charge in [0.05, 0.1) is 10.9 Å². The molecular formula is C31H29N2O2+. The molecule has 4 aromatic rings. The van der Waals surface area contributed by atoms with E-state index in [2.05, 4.69) is 109 Å². The molecule has 0 radical (unpaired) electrons. The predicted molar refractivity (Wildman–Crippen MR) is 141 cm³/mol. The second-order valence-electron chi connectivity index (χ2n) is 9.54. The van der Waals surface area contributed by atoms with E-state index < -0.39 is 5.97 Å². The molecule has 0 bridgehead atoms. The van der Waals surface area contributed by atoms with Crippen molar-refractivity contribution in [2.45, 2.75) is 25.8 Å². The maximum atomic E-state index is 11.3. The number of fused-ring (bicyclic) bond motifs is 2. The SMILES string of the molecule is C[n+]1ccc(/C=C/C=C2/N(Cc3ccc(C(=O)O)cc3)c3ccccc3C2(C)C)c2ccccc21. The molecule has 0 unspecified atom stereocenters. The topological polar surface area (TPSA) is 44.4 Å². The van der Waals surface area contributed by atoms with Gasteiger partial charge in [0.15, 0.2) is 6.20 Å². The molecule has 0 saturated heterocycles. The minimum absolute atomic E-state index is 0.160. The Kier molecular flexibility index (Phi) is 5.73. The van der Waals surface area contributed by atoms with Crippen LogP contribution < -0.4 is 9.47 Å². The minimum atomic E-state index is -0.906. The molecule has 2 heterocycles. The lowest BCUT2D eigenvalue weighted by Crippen LogP contribution is -2.28. The minimum Gasteiger partial charge on any atom is -0.478 e. The number of pyridine rings is 1. The Bertz CT molecular complexity index is 1480. The van der Waals surface area contributed by atoms with Gasteiger partial charge in [-0.15, -0.1) is 0 Å². The van der Waals surface area contributed by atoms with E-state index in [4.69, 9.17) is 0 Å². The molecule has 0 fully saturated rings. The van der Waals surface area contributed by atoms with Gasteiger partial charge in [0.25, 0.3) is 0 Å². The summed E-state index contributed by atoms with van der Waals surface area (Å²) < 4.78 is 2.14. The van der Waals surface area contributed by atoms with E-state index in [-0.39, 0.29) is 5.41 Å². The number of carboxylic acid groups (broad SMARTS) is 1. The first-order chi connectivity index (χ1) is 16.9. The van der Waals surface area contributed by atoms with Crippen LogP contribution in [0.5, 0.6) is 0 Å². The quantitative estimate of drug-likeness (QED) is 0.357. The number of carbonyl (C=O) groups is 1. The summed E-state index contributed by atoms with van der Waals surface area (Å²) in [5, 5.41) is 10.5. The molecule has 0 saturated carbocycles. The molecule has 3 aromatic carbocycles. The number of rotatable bonds is 5. The fourth-order valence-corrected chi connectivity index (χ4v) is 5.02. The van der Waals surface area contributed by atoms with Gasteiger partial charge in [0.1, 0.15) is 7.05 Å². The number of anilines is 1. The first-order valence-corrected chi connectivity index (χ1v) is 11.8. The number of nitrogens with zero attached hydrogens (tertiary/aromatic N) is 2. The van der Waals surface area contributed by atoms with Crippen molar-refractivity contribution in [2.24, 2.45) is 7.05 Å². The number of aryl methyl sites for hydroxylation is 1. The lowest BCUT2D eigenvalue weighted by molar-refractivity contribution is -0.644. The highest BCUT2D eigenvalue weighted by Crippen LogP contribution is 2.48. The first-order valence-electron chi connectivity index (χ1n) is 11.8. The summed E-state index contributed by atoms with van der Waals surface area (Å²) in [6.45, 7) is 5.19. The average Bonchev–Trinajstić information content (AvgIpc) is 3.07. The lowest BCUT2D eigenvalue weighted by atomic mass is 9.83. The van der Waals surface area contributed by atoms with Crippen LogP contribution in [0.25, 0.3) is 17.0 Å². The smallest absolute Gasteiger partial charge is 0.335 e. The second-order valence-corrected chi connectivity index (χ2v) is 9.54. The fraction of sp³-hybridized carbons (Fsp3) is 0.161. The fourth-order valence-electron chi connectivity index (χ4n) is 5.02. The van der Waals surface area contributed by atoms with Gasteiger partial charge in [0.2, 0.25) is 5.52 Å². The molecule has 0 atom stereocenters. The molecule has 0 aliphatic carbocycles. The number of hydrogen-bond acceptors (Lipinski definition) is 2. The van der Waals surface area contributed by atoms with E-state index in [1.54, 1.807) is 12.1 Å². The Morgan fingerprint density at radius 1 is 0.971 bits per heavy atom. The summed E-state index contributed by atoms with van der Waals surface area (Å²) in [4.78, 5) is 13.6. The maximum absolute atomic E-state index is 11.3. The van der Waals surface area contributed by atoms with E-state index in [0.29, 0.717) is 12.1 Å². The molecule has 1 aromatic heterocycles. The third-order valence-corrected chi connectivity index (χ3v) is 6.94. The van der Waals surface area contributed by atoms with E-state index in [0.717, 1.165) is 5.56 Å². The van der Waals surface area contributed by atoms with Gasteiger partial charge < -0.3 is 10.0 Å². The molecule has 1 aliphatic rings. The zero-order valence-corrected chi connectivity index (χ0v) is 20.3. The Morgan fingerprint density at radius 3 is 2.46 bits per heavy atom. The standard InChI is InChI=1S/C31H28N2O2/c1-31(2)26-11-5-7-13-28(26)33(21-22-15-17-24(18-16-22)30(34)35)29(31)14-8-9-23-19-20-32(3)27-12-6-4-10-25(23)27/h4-20H,21H2,1-3H3/p+1. The predicted octanol–water partition coefficient (Wildman–Crippen LogP) is 6.26. The number of allylic oxidation sites excluding steroid dienone is 3. The Hall–Kier alpha value is -4.18. The van der Waals surface area contributed by atoms with Crippen molar-refractivity contribution in [3.8, 4) is 0 Å². The first kappa shape index (κ1) is 22.6. The van der Waals surface area contributed by atoms with E-state index >= 15 is 0 Å². The summed E-state index contributed by atoms with van der Waals surface area (Å²) in [6.07, 6.45) is 8.63. The van der Waals surface area contributed by atoms with Gasteiger partial charge >= 0.3 is 5.97 Å². The zero-order chi connectivity index (χ0) is 24.6. The van der Waals surface area contributed by atoms with E-state index in [1.807, 2.05) is 12.1 Å². The second kappa shape index (κ2) is 8.88. The molecule has 1 aliphatic heterocycles. The number of aromatic nitrogens is 1. The number of hydrogen-bond donors (Lipinski definition) is 1. The molecule has 35 heavy (non-hydrogen) atoms. The molecule has 1 N–H and O–H groups in total. The number of para-hydroxylation sites is 2. The highest BCUT2D eigenvalue weighted by Gasteiger charge is 2.39. The van der Waals surface area contributed by atoms with Crippen LogP contribution in [-0.4, -0.2) is 11.1 Å². The van der Waals surface area contributed by atoms with Crippen LogP contribution in [-0.2, 0) is 19.0 Å². The van der Waals surface area contributed by atoms with Crippen molar-refractivity contribution in [1.29, 1.82) is 0 Å². The lowest BCUT2D eigenvalue weighted by Gasteiger charge is -2.27. The maximum Gasteiger partial charge on any atom is 0.335 e. The van der Waals surface area contributed by atoms with Crippen LogP contribution in [0.4, 0.5) is 5.69 Å². The summed E-state index contributed by atoms with van der Waals surface area (Å²) in [5.74, 6) is -0.906. The van der Waals surface area contributed by atoms with Gasteiger partial charge in [0, 0.05) is 35.5 Å². The zero-order valence-electron chi connectivity index (χ0n) is 20.3. The van der Waals surface area contributed by atoms with Crippen molar-refractivity contribution in [1.82, 2.24) is 0 Å². The molecule has 174 valence electrons. The van der Waals surface area contributed by atoms with Gasteiger partial charge in [-0.25, -0.2) is 9.36 Å². The Morgan fingerprint density at radius 2 is 1.69 bits per heavy atom. The molecular weight excluding hydrogens is 432 g/mol. The van der Waals surface area contributed by atoms with Crippen molar-refractivity contribution >= 4 is 28.6 Å². The molecule has 5 rings (SSSR count). The average molecular weight is 462 g/mol. The van der Waals surface area contributed by atoms with Crippen LogP contribution in [0.2, 0.25) is 0 Å². The molecule has 4 nitrogen and oxygen atoms in total. The van der Waals surface area contributed by atoms with Crippen molar-refractivity contribution in [2.75, 3.05) is 4.90 Å².